The molecule has 48 heavy (non-hydrogen) atoms. The van der Waals surface area contributed by atoms with Gasteiger partial charge in [-0.1, -0.05) is 145 Å². The van der Waals surface area contributed by atoms with E-state index in [4.69, 9.17) is 17.0 Å². The monoisotopic (exact) mass is 768 g/mol. The van der Waals surface area contributed by atoms with Crippen molar-refractivity contribution in [3.8, 4) is 22.3 Å². The summed E-state index contributed by atoms with van der Waals surface area (Å²) in [5.74, 6) is 0. The molecule has 0 fully saturated rings. The molecule has 0 spiro atoms. The Hall–Kier alpha value is -2.22. The van der Waals surface area contributed by atoms with Crippen LogP contribution < -0.4 is 0 Å². The Morgan fingerprint density at radius 3 is 1.81 bits per heavy atom. The molecule has 250 valence electrons. The molecular formula is C44H52Cl2SiZr. The van der Waals surface area contributed by atoms with Crippen LogP contribution in [0.2, 0.25) is 13.1 Å². The second-order valence-electron chi connectivity index (χ2n) is 13.3. The summed E-state index contributed by atoms with van der Waals surface area (Å²) >= 11 is -0.826. The van der Waals surface area contributed by atoms with Crippen molar-refractivity contribution in [1.82, 2.24) is 0 Å². The first-order valence-corrected chi connectivity index (χ1v) is 25.6. The van der Waals surface area contributed by atoms with E-state index in [1.807, 2.05) is 0 Å². The molecule has 0 amide bonds. The van der Waals surface area contributed by atoms with Crippen LogP contribution in [0.4, 0.5) is 0 Å². The van der Waals surface area contributed by atoms with Gasteiger partial charge in [0.1, 0.15) is 0 Å². The van der Waals surface area contributed by atoms with E-state index in [0.29, 0.717) is 0 Å². The molecule has 0 nitrogen and oxygen atoms in total. The van der Waals surface area contributed by atoms with E-state index in [1.165, 1.54) is 92.6 Å². The maximum absolute atomic E-state index is 4.93. The van der Waals surface area contributed by atoms with Crippen molar-refractivity contribution in [2.24, 2.45) is 0 Å². The summed E-state index contributed by atoms with van der Waals surface area (Å²) < 4.78 is 0. The standard InChI is InChI=1S/C23H27.C19H19.C2H6Si.2ClH.Zr/c1-3-5-6-7-9-19-16-21-10-8-11-22(23(21)17-19)20-14-12-18(4-2)13-15-20;1-19(2,3)16-12-10-15(11-13-16)18-9-5-7-14-6-4-8-17(14)18;1-3-2;;;/h8,10-17H,3-7,9H2,1-2H3;4-13H,1-3H3;1-2H3;2*1H;/q2*-1;;;;+4/p-2. The molecule has 0 N–H and O–H groups in total. The summed E-state index contributed by atoms with van der Waals surface area (Å²) in [6.45, 7) is 15.5. The molecule has 6 rings (SSSR count). The van der Waals surface area contributed by atoms with E-state index in [1.54, 1.807) is 0 Å². The van der Waals surface area contributed by atoms with Crippen molar-refractivity contribution in [3.63, 3.8) is 0 Å². The average Bonchev–Trinajstić information content (AvgIpc) is 3.75. The topological polar surface area (TPSA) is 0 Å². The summed E-state index contributed by atoms with van der Waals surface area (Å²) in [6.07, 6.45) is 7.63. The quantitative estimate of drug-likeness (QED) is 0.0821. The summed E-state index contributed by atoms with van der Waals surface area (Å²) in [5.41, 5.74) is 9.80. The number of rotatable bonds is 8. The molecule has 0 bridgehead atoms. The van der Waals surface area contributed by atoms with Crippen molar-refractivity contribution in [3.05, 3.63) is 132 Å². The van der Waals surface area contributed by atoms with Gasteiger partial charge in [-0.25, -0.2) is 0 Å². The zero-order valence-corrected chi connectivity index (χ0v) is 34.9. The van der Waals surface area contributed by atoms with Gasteiger partial charge in [-0.15, -0.1) is 63.5 Å². The maximum atomic E-state index is 4.93. The number of hydrogen-bond acceptors (Lipinski definition) is 0. The van der Waals surface area contributed by atoms with Crippen LogP contribution in [0.3, 0.4) is 0 Å². The number of aryl methyl sites for hydroxylation is 2. The second kappa shape index (κ2) is 21.1. The summed E-state index contributed by atoms with van der Waals surface area (Å²) in [5, 5.41) is 5.44. The van der Waals surface area contributed by atoms with Crippen molar-refractivity contribution in [2.45, 2.75) is 91.7 Å². The van der Waals surface area contributed by atoms with Gasteiger partial charge in [-0.3, -0.25) is 0 Å². The van der Waals surface area contributed by atoms with Crippen LogP contribution in [-0.2, 0) is 39.1 Å². The van der Waals surface area contributed by atoms with Gasteiger partial charge in [-0.05, 0) is 40.5 Å². The fourth-order valence-corrected chi connectivity index (χ4v) is 5.93. The minimum absolute atomic E-state index is 0.213. The molecule has 0 heterocycles. The van der Waals surface area contributed by atoms with E-state index >= 15 is 0 Å². The van der Waals surface area contributed by atoms with Gasteiger partial charge in [0.2, 0.25) is 0 Å². The van der Waals surface area contributed by atoms with E-state index in [9.17, 15) is 0 Å². The fourth-order valence-electron chi connectivity index (χ4n) is 5.93. The van der Waals surface area contributed by atoms with Crippen LogP contribution in [0.25, 0.3) is 43.8 Å². The predicted octanol–water partition coefficient (Wildman–Crippen LogP) is 14.6. The third-order valence-corrected chi connectivity index (χ3v) is 8.54. The van der Waals surface area contributed by atoms with Gasteiger partial charge in [0, 0.05) is 9.52 Å². The first kappa shape index (κ1) is 40.2. The van der Waals surface area contributed by atoms with Gasteiger partial charge in [0.05, 0.1) is 0 Å². The Labute approximate surface area is 312 Å². The average molecular weight is 771 g/mol. The molecule has 0 atom stereocenters. The fraction of sp³-hybridized carbons (Fsp3) is 0.318. The molecule has 0 unspecified atom stereocenters. The summed E-state index contributed by atoms with van der Waals surface area (Å²) in [7, 11) is 11.0. The molecular weight excluding hydrogens is 719 g/mol. The Kier molecular flexibility index (Phi) is 17.7. The zero-order valence-electron chi connectivity index (χ0n) is 30.0. The van der Waals surface area contributed by atoms with Crippen LogP contribution in [0.15, 0.2) is 115 Å². The molecule has 6 aromatic carbocycles. The number of benzene rings is 4. The van der Waals surface area contributed by atoms with Crippen LogP contribution in [0, 0.1) is 0 Å². The van der Waals surface area contributed by atoms with Crippen molar-refractivity contribution >= 4 is 48.1 Å². The van der Waals surface area contributed by atoms with E-state index in [0.717, 1.165) is 15.9 Å². The van der Waals surface area contributed by atoms with E-state index in [-0.39, 0.29) is 5.41 Å². The van der Waals surface area contributed by atoms with Gasteiger partial charge in [-0.2, -0.15) is 18.2 Å². The molecule has 0 aliphatic carbocycles. The Morgan fingerprint density at radius 2 is 1.25 bits per heavy atom. The normalized spacial score (nSPS) is 10.7. The molecule has 4 heteroatoms. The molecule has 0 saturated carbocycles. The van der Waals surface area contributed by atoms with Gasteiger partial charge in [0.15, 0.2) is 0 Å². The van der Waals surface area contributed by atoms with Crippen LogP contribution in [0.5, 0.6) is 0 Å². The van der Waals surface area contributed by atoms with Crippen LogP contribution in [0.1, 0.15) is 77.0 Å². The van der Waals surface area contributed by atoms with E-state index < -0.39 is 20.8 Å². The first-order valence-electron chi connectivity index (χ1n) is 17.3. The number of halogens is 2. The predicted molar refractivity (Wildman–Crippen MR) is 215 cm³/mol. The molecule has 0 aliphatic heterocycles. The van der Waals surface area contributed by atoms with Gasteiger partial charge >= 0.3 is 37.9 Å². The number of fused-ring (bicyclic) bond motifs is 2. The molecule has 0 aromatic heterocycles. The first-order chi connectivity index (χ1) is 23.2. The second-order valence-corrected chi connectivity index (χ2v) is 18.0. The Balaban J connectivity index is 0.000000227. The summed E-state index contributed by atoms with van der Waals surface area (Å²) in [4.78, 5) is 0. The Bertz CT molecular complexity index is 1750. The molecule has 6 aromatic rings. The van der Waals surface area contributed by atoms with Gasteiger partial charge in [0.25, 0.3) is 0 Å². The molecule has 0 saturated heterocycles. The minimum atomic E-state index is -0.826. The molecule has 0 aliphatic rings. The molecule has 2 radical (unpaired) electrons. The zero-order chi connectivity index (χ0) is 34.9. The third kappa shape index (κ3) is 12.0. The van der Waals surface area contributed by atoms with Gasteiger partial charge < -0.3 is 0 Å². The third-order valence-electron chi connectivity index (χ3n) is 8.54. The van der Waals surface area contributed by atoms with Crippen LogP contribution >= 0.6 is 17.0 Å². The SMILES string of the molecule is CC(C)(C)c1ccc(-c2cccc3[cH-]ccc23)cc1.CCCCCCc1cc2c(-c3ccc(CC)cc3)cccc2[cH-]1.C[Si]C.[Cl][Zr+2][Cl]. The number of unbranched alkanes of at least 4 members (excludes halogenated alkanes) is 3. The van der Waals surface area contributed by atoms with Crippen molar-refractivity contribution in [2.75, 3.05) is 0 Å². The van der Waals surface area contributed by atoms with Crippen molar-refractivity contribution < 1.29 is 20.8 Å². The summed E-state index contributed by atoms with van der Waals surface area (Å²) in [6, 6.07) is 42.5. The van der Waals surface area contributed by atoms with E-state index in [2.05, 4.69) is 163 Å². The number of hydrogen-bond donors (Lipinski definition) is 0. The Morgan fingerprint density at radius 1 is 0.688 bits per heavy atom. The van der Waals surface area contributed by atoms with Crippen LogP contribution in [-0.4, -0.2) is 9.52 Å². The van der Waals surface area contributed by atoms with Crippen molar-refractivity contribution in [1.29, 1.82) is 0 Å².